The van der Waals surface area contributed by atoms with Gasteiger partial charge < -0.3 is 4.90 Å². The highest BCUT2D eigenvalue weighted by Crippen LogP contribution is 2.30. The zero-order valence-corrected chi connectivity index (χ0v) is 12.9. The lowest BCUT2D eigenvalue weighted by Crippen LogP contribution is -2.35. The van der Waals surface area contributed by atoms with Gasteiger partial charge >= 0.3 is 0 Å². The summed E-state index contributed by atoms with van der Waals surface area (Å²) in [5, 5.41) is 3.25. The second-order valence-electron chi connectivity index (χ2n) is 4.59. The Morgan fingerprint density at radius 3 is 2.50 bits per heavy atom. The Morgan fingerprint density at radius 1 is 1.38 bits per heavy atom. The average Bonchev–Trinajstić information content (AvgIpc) is 2.79. The van der Waals surface area contributed by atoms with Crippen molar-refractivity contribution in [1.82, 2.24) is 4.90 Å². The topological polar surface area (TPSA) is 3.24 Å². The number of thiophene rings is 1. The smallest absolute Gasteiger partial charge is 0.0325 e. The van der Waals surface area contributed by atoms with Gasteiger partial charge in [0.05, 0.1) is 0 Å². The monoisotopic (exact) mass is 303 g/mol. The summed E-state index contributed by atoms with van der Waals surface area (Å²) in [5.74, 6) is 0. The molecule has 1 nitrogen and oxygen atoms in total. The van der Waals surface area contributed by atoms with Crippen LogP contribution in [0.2, 0.25) is 0 Å². The molecule has 0 aliphatic carbocycles. The zero-order chi connectivity index (χ0) is 12.0. The Kier molecular flexibility index (Phi) is 6.01. The first-order chi connectivity index (χ1) is 7.65. The molecule has 0 radical (unpaired) electrons. The third kappa shape index (κ3) is 3.86. The fraction of sp³-hybridized carbons (Fsp3) is 0.692. The molecule has 0 amide bonds. The van der Waals surface area contributed by atoms with Crippen LogP contribution in [-0.4, -0.2) is 23.8 Å². The van der Waals surface area contributed by atoms with Gasteiger partial charge in [-0.25, -0.2) is 0 Å². The van der Waals surface area contributed by atoms with Crippen LogP contribution in [0.4, 0.5) is 0 Å². The number of hydrogen-bond donors (Lipinski definition) is 0. The Labute approximate surface area is 112 Å². The molecule has 92 valence electrons. The van der Waals surface area contributed by atoms with Gasteiger partial charge in [-0.2, -0.15) is 0 Å². The fourth-order valence-corrected chi connectivity index (χ4v) is 3.76. The summed E-state index contributed by atoms with van der Waals surface area (Å²) >= 11 is 5.52. The van der Waals surface area contributed by atoms with Crippen molar-refractivity contribution in [3.8, 4) is 0 Å². The van der Waals surface area contributed by atoms with Crippen molar-refractivity contribution in [2.24, 2.45) is 5.41 Å². The van der Waals surface area contributed by atoms with Crippen LogP contribution >= 0.6 is 27.3 Å². The number of nitrogens with zero attached hydrogens (tertiary/aromatic N) is 1. The van der Waals surface area contributed by atoms with Crippen LogP contribution in [0.3, 0.4) is 0 Å². The first-order valence-corrected chi connectivity index (χ1v) is 7.93. The summed E-state index contributed by atoms with van der Waals surface area (Å²) in [6.07, 6.45) is 2.48. The summed E-state index contributed by atoms with van der Waals surface area (Å²) in [6.45, 7) is 6.84. The second-order valence-corrected chi connectivity index (χ2v) is 6.19. The van der Waals surface area contributed by atoms with Crippen LogP contribution < -0.4 is 0 Å². The van der Waals surface area contributed by atoms with Gasteiger partial charge in [0.15, 0.2) is 0 Å². The number of halogens is 1. The van der Waals surface area contributed by atoms with Gasteiger partial charge in [-0.15, -0.1) is 11.3 Å². The lowest BCUT2D eigenvalue weighted by molar-refractivity contribution is 0.181. The summed E-state index contributed by atoms with van der Waals surface area (Å²) in [5.41, 5.74) is 0.437. The van der Waals surface area contributed by atoms with Gasteiger partial charge in [-0.3, -0.25) is 0 Å². The van der Waals surface area contributed by atoms with Gasteiger partial charge in [0, 0.05) is 23.3 Å². The molecule has 0 aromatic carbocycles. The minimum absolute atomic E-state index is 0.437. The van der Waals surface area contributed by atoms with E-state index in [1.807, 2.05) is 11.3 Å². The van der Waals surface area contributed by atoms with E-state index in [1.165, 1.54) is 24.3 Å². The summed E-state index contributed by atoms with van der Waals surface area (Å²) < 4.78 is 0. The molecule has 0 unspecified atom stereocenters. The molecule has 0 fully saturated rings. The molecular formula is C13H22BrNS. The van der Waals surface area contributed by atoms with E-state index in [4.69, 9.17) is 0 Å². The molecule has 0 spiro atoms. The molecule has 0 aliphatic heterocycles. The maximum absolute atomic E-state index is 3.68. The minimum Gasteiger partial charge on any atom is -0.301 e. The van der Waals surface area contributed by atoms with Crippen LogP contribution in [0, 0.1) is 5.41 Å². The Bertz CT molecular complexity index is 272. The third-order valence-corrected chi connectivity index (χ3v) is 5.45. The molecule has 1 aromatic rings. The van der Waals surface area contributed by atoms with Gasteiger partial charge in [-0.1, -0.05) is 35.8 Å². The van der Waals surface area contributed by atoms with Crippen LogP contribution in [0.25, 0.3) is 0 Å². The van der Waals surface area contributed by atoms with Gasteiger partial charge in [0.25, 0.3) is 0 Å². The summed E-state index contributed by atoms with van der Waals surface area (Å²) in [4.78, 5) is 3.90. The van der Waals surface area contributed by atoms with Crippen molar-refractivity contribution in [2.45, 2.75) is 33.2 Å². The van der Waals surface area contributed by atoms with Gasteiger partial charge in [-0.05, 0) is 36.8 Å². The first-order valence-electron chi connectivity index (χ1n) is 5.92. The lowest BCUT2D eigenvalue weighted by Gasteiger charge is -2.34. The third-order valence-electron chi connectivity index (χ3n) is 3.39. The zero-order valence-electron chi connectivity index (χ0n) is 10.5. The van der Waals surface area contributed by atoms with E-state index in [0.717, 1.165) is 11.9 Å². The molecule has 1 rings (SSSR count). The van der Waals surface area contributed by atoms with E-state index >= 15 is 0 Å². The van der Waals surface area contributed by atoms with E-state index in [2.05, 4.69) is 59.2 Å². The van der Waals surface area contributed by atoms with Gasteiger partial charge in [0.1, 0.15) is 0 Å². The van der Waals surface area contributed by atoms with E-state index in [9.17, 15) is 0 Å². The summed E-state index contributed by atoms with van der Waals surface area (Å²) in [7, 11) is 2.22. The van der Waals surface area contributed by atoms with Crippen molar-refractivity contribution in [1.29, 1.82) is 0 Å². The molecule has 0 saturated carbocycles. The summed E-state index contributed by atoms with van der Waals surface area (Å²) in [6, 6.07) is 4.35. The highest BCUT2D eigenvalue weighted by atomic mass is 79.9. The lowest BCUT2D eigenvalue weighted by atomic mass is 9.84. The number of alkyl halides is 1. The molecule has 0 aliphatic rings. The van der Waals surface area contributed by atoms with Gasteiger partial charge in [0.2, 0.25) is 0 Å². The van der Waals surface area contributed by atoms with E-state index in [0.29, 0.717) is 5.41 Å². The molecular weight excluding hydrogens is 282 g/mol. The van der Waals surface area contributed by atoms with Crippen LogP contribution in [-0.2, 0) is 6.54 Å². The van der Waals surface area contributed by atoms with Crippen molar-refractivity contribution in [2.75, 3.05) is 18.9 Å². The molecule has 0 saturated heterocycles. The van der Waals surface area contributed by atoms with Crippen molar-refractivity contribution in [3.63, 3.8) is 0 Å². The van der Waals surface area contributed by atoms with E-state index in [-0.39, 0.29) is 0 Å². The Morgan fingerprint density at radius 2 is 2.06 bits per heavy atom. The maximum Gasteiger partial charge on any atom is 0.0325 e. The molecule has 0 N–H and O–H groups in total. The second kappa shape index (κ2) is 6.77. The Hall–Kier alpha value is 0.140. The van der Waals surface area contributed by atoms with Crippen molar-refractivity contribution >= 4 is 27.3 Å². The first kappa shape index (κ1) is 14.2. The molecule has 16 heavy (non-hydrogen) atoms. The van der Waals surface area contributed by atoms with E-state index < -0.39 is 0 Å². The normalized spacial score (nSPS) is 12.3. The predicted molar refractivity (Wildman–Crippen MR) is 77.5 cm³/mol. The highest BCUT2D eigenvalue weighted by Gasteiger charge is 2.26. The molecule has 3 heteroatoms. The fourth-order valence-electron chi connectivity index (χ4n) is 2.00. The molecule has 0 bridgehead atoms. The number of rotatable bonds is 7. The number of hydrogen-bond acceptors (Lipinski definition) is 2. The van der Waals surface area contributed by atoms with E-state index in [1.54, 1.807) is 0 Å². The molecule has 0 atom stereocenters. The van der Waals surface area contributed by atoms with Crippen LogP contribution in [0.5, 0.6) is 0 Å². The average molecular weight is 304 g/mol. The van der Waals surface area contributed by atoms with Crippen molar-refractivity contribution in [3.05, 3.63) is 22.4 Å². The molecule has 1 heterocycles. The predicted octanol–water partition coefficient (Wildman–Crippen LogP) is 4.38. The quantitative estimate of drug-likeness (QED) is 0.676. The SMILES string of the molecule is CCC(CC)(CBr)CN(C)Cc1cccs1. The highest BCUT2D eigenvalue weighted by molar-refractivity contribution is 9.09. The van der Waals surface area contributed by atoms with Crippen molar-refractivity contribution < 1.29 is 0 Å². The maximum atomic E-state index is 3.68. The molecule has 1 aromatic heterocycles. The Balaban J connectivity index is 2.51. The minimum atomic E-state index is 0.437. The van der Waals surface area contributed by atoms with Crippen LogP contribution in [0.1, 0.15) is 31.6 Å². The van der Waals surface area contributed by atoms with Crippen LogP contribution in [0.15, 0.2) is 17.5 Å². The largest absolute Gasteiger partial charge is 0.301 e. The standard InChI is InChI=1S/C13H22BrNS/c1-4-13(5-2,10-14)11-15(3)9-12-7-6-8-16-12/h6-8H,4-5,9-11H2,1-3H3.